The first-order valence-corrected chi connectivity index (χ1v) is 7.47. The van der Waals surface area contributed by atoms with Gasteiger partial charge in [-0.25, -0.2) is 13.2 Å². The summed E-state index contributed by atoms with van der Waals surface area (Å²) in [6.45, 7) is 0.312. The van der Waals surface area contributed by atoms with E-state index in [1.165, 1.54) is 24.4 Å². The van der Waals surface area contributed by atoms with Gasteiger partial charge in [0.2, 0.25) is 0 Å². The molecule has 128 valence electrons. The second-order valence-electron chi connectivity index (χ2n) is 5.33. The Morgan fingerprint density at radius 3 is 2.52 bits per heavy atom. The molecule has 0 aliphatic heterocycles. The molecule has 0 atom stereocenters. The smallest absolute Gasteiger partial charge is 0.256 e. The standard InChI is InChI=1S/C18H13F3N2O2/c19-13-4-1-11(2-5-13)7-8-22-18(24)14-10-23-25-17(14)12-3-6-15(20)16(21)9-12/h1-6,9-10H,7-8H2,(H,22,24). The molecule has 0 aliphatic carbocycles. The minimum atomic E-state index is -1.04. The molecule has 0 saturated heterocycles. The third-order valence-electron chi connectivity index (χ3n) is 3.61. The molecule has 0 spiro atoms. The fourth-order valence-corrected chi connectivity index (χ4v) is 2.31. The summed E-state index contributed by atoms with van der Waals surface area (Å²) in [4.78, 5) is 12.3. The van der Waals surface area contributed by atoms with E-state index < -0.39 is 17.5 Å². The fourth-order valence-electron chi connectivity index (χ4n) is 2.31. The van der Waals surface area contributed by atoms with E-state index in [4.69, 9.17) is 4.52 Å². The zero-order chi connectivity index (χ0) is 17.8. The molecule has 0 unspecified atom stereocenters. The maximum atomic E-state index is 13.4. The molecule has 1 aromatic heterocycles. The summed E-state index contributed by atoms with van der Waals surface area (Å²) in [5, 5.41) is 6.24. The van der Waals surface area contributed by atoms with Gasteiger partial charge in [0.25, 0.3) is 5.91 Å². The van der Waals surface area contributed by atoms with Crippen LogP contribution in [0.25, 0.3) is 11.3 Å². The van der Waals surface area contributed by atoms with E-state index in [1.807, 2.05) is 0 Å². The van der Waals surface area contributed by atoms with Crippen LogP contribution >= 0.6 is 0 Å². The Morgan fingerprint density at radius 2 is 1.80 bits per heavy atom. The molecule has 1 heterocycles. The molecule has 25 heavy (non-hydrogen) atoms. The first-order chi connectivity index (χ1) is 12.0. The van der Waals surface area contributed by atoms with E-state index in [1.54, 1.807) is 12.1 Å². The summed E-state index contributed by atoms with van der Waals surface area (Å²) in [6.07, 6.45) is 1.72. The normalized spacial score (nSPS) is 10.7. The van der Waals surface area contributed by atoms with Crippen molar-refractivity contribution in [2.75, 3.05) is 6.54 Å². The molecule has 7 heteroatoms. The summed E-state index contributed by atoms with van der Waals surface area (Å²) in [5.74, 6) is -2.76. The van der Waals surface area contributed by atoms with Gasteiger partial charge in [-0.1, -0.05) is 17.3 Å². The molecule has 0 aliphatic rings. The lowest BCUT2D eigenvalue weighted by molar-refractivity contribution is 0.0954. The largest absolute Gasteiger partial charge is 0.355 e. The van der Waals surface area contributed by atoms with E-state index >= 15 is 0 Å². The zero-order valence-corrected chi connectivity index (χ0v) is 12.9. The molecule has 1 N–H and O–H groups in total. The summed E-state index contributed by atoms with van der Waals surface area (Å²) in [7, 11) is 0. The Hall–Kier alpha value is -3.09. The van der Waals surface area contributed by atoms with Crippen LogP contribution in [0.4, 0.5) is 13.2 Å². The Labute approximate surface area is 141 Å². The van der Waals surface area contributed by atoms with Crippen LogP contribution in [0.2, 0.25) is 0 Å². The number of rotatable bonds is 5. The van der Waals surface area contributed by atoms with Crippen LogP contribution in [0.15, 0.2) is 53.2 Å². The van der Waals surface area contributed by atoms with Crippen LogP contribution in [0.3, 0.4) is 0 Å². The van der Waals surface area contributed by atoms with Crippen LogP contribution in [-0.2, 0) is 6.42 Å². The molecule has 1 amide bonds. The van der Waals surface area contributed by atoms with Gasteiger partial charge in [0.1, 0.15) is 11.4 Å². The first-order valence-electron chi connectivity index (χ1n) is 7.47. The lowest BCUT2D eigenvalue weighted by atomic mass is 10.1. The van der Waals surface area contributed by atoms with Gasteiger partial charge in [-0.3, -0.25) is 4.79 Å². The molecule has 0 bridgehead atoms. The summed E-state index contributed by atoms with van der Waals surface area (Å²) >= 11 is 0. The molecule has 3 aromatic rings. The second-order valence-corrected chi connectivity index (χ2v) is 5.33. The number of carbonyl (C=O) groups excluding carboxylic acids is 1. The number of benzene rings is 2. The van der Waals surface area contributed by atoms with E-state index in [-0.39, 0.29) is 22.7 Å². The number of nitrogens with one attached hydrogen (secondary N) is 1. The lowest BCUT2D eigenvalue weighted by Gasteiger charge is -2.05. The van der Waals surface area contributed by atoms with Gasteiger partial charge < -0.3 is 9.84 Å². The number of carbonyl (C=O) groups is 1. The van der Waals surface area contributed by atoms with Crippen molar-refractivity contribution in [2.24, 2.45) is 0 Å². The minimum absolute atomic E-state index is 0.0539. The van der Waals surface area contributed by atoms with E-state index in [0.29, 0.717) is 13.0 Å². The summed E-state index contributed by atoms with van der Waals surface area (Å²) < 4.78 is 44.2. The fraction of sp³-hybridized carbons (Fsp3) is 0.111. The molecule has 0 saturated carbocycles. The molecule has 0 fully saturated rings. The monoisotopic (exact) mass is 346 g/mol. The van der Waals surface area contributed by atoms with Crippen LogP contribution in [0, 0.1) is 17.5 Å². The number of aromatic nitrogens is 1. The number of amides is 1. The van der Waals surface area contributed by atoms with E-state index in [0.717, 1.165) is 17.7 Å². The van der Waals surface area contributed by atoms with Crippen molar-refractivity contribution < 1.29 is 22.5 Å². The maximum absolute atomic E-state index is 13.4. The SMILES string of the molecule is O=C(NCCc1ccc(F)cc1)c1cnoc1-c1ccc(F)c(F)c1. The molecule has 2 aromatic carbocycles. The van der Waals surface area contributed by atoms with Gasteiger partial charge in [0, 0.05) is 12.1 Å². The topological polar surface area (TPSA) is 55.1 Å². The van der Waals surface area contributed by atoms with Crippen molar-refractivity contribution >= 4 is 5.91 Å². The van der Waals surface area contributed by atoms with E-state index in [9.17, 15) is 18.0 Å². The Kier molecular flexibility index (Phi) is 4.83. The summed E-state index contributed by atoms with van der Waals surface area (Å²) in [6, 6.07) is 9.14. The highest BCUT2D eigenvalue weighted by atomic mass is 19.2. The van der Waals surface area contributed by atoms with Crippen molar-refractivity contribution in [3.05, 3.63) is 77.2 Å². The number of nitrogens with zero attached hydrogens (tertiary/aromatic N) is 1. The predicted octanol–water partition coefficient (Wildman–Crippen LogP) is 3.73. The second kappa shape index (κ2) is 7.21. The van der Waals surface area contributed by atoms with Gasteiger partial charge in [-0.2, -0.15) is 0 Å². The highest BCUT2D eigenvalue weighted by Crippen LogP contribution is 2.25. The van der Waals surface area contributed by atoms with Crippen molar-refractivity contribution in [1.29, 1.82) is 0 Å². The van der Waals surface area contributed by atoms with E-state index in [2.05, 4.69) is 10.5 Å². The van der Waals surface area contributed by atoms with Crippen LogP contribution in [-0.4, -0.2) is 17.6 Å². The molecular formula is C18H13F3N2O2. The Balaban J connectivity index is 1.68. The Morgan fingerprint density at radius 1 is 1.04 bits per heavy atom. The third-order valence-corrected chi connectivity index (χ3v) is 3.61. The number of hydrogen-bond donors (Lipinski definition) is 1. The molecule has 0 radical (unpaired) electrons. The highest BCUT2D eigenvalue weighted by Gasteiger charge is 2.18. The number of hydrogen-bond acceptors (Lipinski definition) is 3. The quantitative estimate of drug-likeness (QED) is 0.766. The van der Waals surface area contributed by atoms with Crippen molar-refractivity contribution in [3.63, 3.8) is 0 Å². The third kappa shape index (κ3) is 3.88. The average Bonchev–Trinajstić information content (AvgIpc) is 3.09. The highest BCUT2D eigenvalue weighted by molar-refractivity contribution is 5.99. The molecular weight excluding hydrogens is 333 g/mol. The molecule has 3 rings (SSSR count). The Bertz CT molecular complexity index is 892. The number of halogens is 3. The first kappa shape index (κ1) is 16.8. The van der Waals surface area contributed by atoms with Crippen molar-refractivity contribution in [2.45, 2.75) is 6.42 Å². The molecule has 4 nitrogen and oxygen atoms in total. The van der Waals surface area contributed by atoms with Crippen molar-refractivity contribution in [3.8, 4) is 11.3 Å². The van der Waals surface area contributed by atoms with Crippen LogP contribution in [0.5, 0.6) is 0 Å². The maximum Gasteiger partial charge on any atom is 0.256 e. The van der Waals surface area contributed by atoms with Crippen LogP contribution < -0.4 is 5.32 Å². The lowest BCUT2D eigenvalue weighted by Crippen LogP contribution is -2.25. The predicted molar refractivity (Wildman–Crippen MR) is 84.3 cm³/mol. The zero-order valence-electron chi connectivity index (χ0n) is 12.9. The average molecular weight is 346 g/mol. The van der Waals surface area contributed by atoms with Gasteiger partial charge in [-0.05, 0) is 42.3 Å². The minimum Gasteiger partial charge on any atom is -0.355 e. The van der Waals surface area contributed by atoms with Crippen LogP contribution in [0.1, 0.15) is 15.9 Å². The van der Waals surface area contributed by atoms with Gasteiger partial charge in [-0.15, -0.1) is 0 Å². The van der Waals surface area contributed by atoms with Gasteiger partial charge >= 0.3 is 0 Å². The summed E-state index contributed by atoms with van der Waals surface area (Å²) in [5.41, 5.74) is 1.19. The van der Waals surface area contributed by atoms with Gasteiger partial charge in [0.15, 0.2) is 17.4 Å². The van der Waals surface area contributed by atoms with Crippen molar-refractivity contribution in [1.82, 2.24) is 10.5 Å². The van der Waals surface area contributed by atoms with Gasteiger partial charge in [0.05, 0.1) is 6.20 Å².